The Balaban J connectivity index is 4.06. The molecule has 0 aromatic carbocycles. The Morgan fingerprint density at radius 3 is 2.36 bits per heavy atom. The van der Waals surface area contributed by atoms with Gasteiger partial charge in [-0.05, 0) is 13.3 Å². The Morgan fingerprint density at radius 2 is 2.00 bits per heavy atom. The van der Waals surface area contributed by atoms with E-state index in [0.717, 1.165) is 0 Å². The fourth-order valence-electron chi connectivity index (χ4n) is 0.731. The van der Waals surface area contributed by atoms with Gasteiger partial charge in [0.15, 0.2) is 0 Å². The molecule has 84 valence electrons. The lowest BCUT2D eigenvalue weighted by Crippen LogP contribution is -2.36. The predicted octanol–water partition coefficient (Wildman–Crippen LogP) is 0.382. The molecule has 8 heteroatoms. The summed E-state index contributed by atoms with van der Waals surface area (Å²) < 4.78 is 46.4. The van der Waals surface area contributed by atoms with Crippen molar-refractivity contribution < 1.29 is 27.1 Å². The molecule has 0 saturated carbocycles. The van der Waals surface area contributed by atoms with Crippen molar-refractivity contribution in [1.29, 1.82) is 0 Å². The number of hydrogen-bond acceptors (Lipinski definition) is 3. The monoisotopic (exact) mass is 231 g/mol. The number of rotatable bonds is 6. The molecule has 0 fully saturated rings. The summed E-state index contributed by atoms with van der Waals surface area (Å²) >= 11 is 0. The van der Waals surface area contributed by atoms with Gasteiger partial charge in [-0.25, -0.2) is 13.1 Å². The maximum Gasteiger partial charge on any atom is 0.350 e. The summed E-state index contributed by atoms with van der Waals surface area (Å²) in [6.45, 7) is 1.32. The van der Waals surface area contributed by atoms with Crippen molar-refractivity contribution in [2.45, 2.75) is 31.6 Å². The Kier molecular flexibility index (Phi) is 4.92. The first-order valence-corrected chi connectivity index (χ1v) is 5.31. The SMILES string of the molecule is CC(CCC(=O)O)NS(=O)(=O)C(F)F. The van der Waals surface area contributed by atoms with Crippen LogP contribution in [0.4, 0.5) is 8.78 Å². The van der Waals surface area contributed by atoms with Crippen molar-refractivity contribution in [3.05, 3.63) is 0 Å². The van der Waals surface area contributed by atoms with Crippen molar-refractivity contribution in [3.8, 4) is 0 Å². The van der Waals surface area contributed by atoms with Gasteiger partial charge in [0.2, 0.25) is 0 Å². The number of alkyl halides is 2. The van der Waals surface area contributed by atoms with Crippen LogP contribution in [0.3, 0.4) is 0 Å². The zero-order valence-electron chi connectivity index (χ0n) is 7.41. The lowest BCUT2D eigenvalue weighted by molar-refractivity contribution is -0.137. The molecule has 0 aromatic heterocycles. The average Bonchev–Trinajstić information content (AvgIpc) is 1.99. The summed E-state index contributed by atoms with van der Waals surface area (Å²) in [5.41, 5.74) is 0. The number of sulfonamides is 1. The van der Waals surface area contributed by atoms with Gasteiger partial charge in [0.05, 0.1) is 0 Å². The van der Waals surface area contributed by atoms with E-state index in [9.17, 15) is 22.0 Å². The van der Waals surface area contributed by atoms with E-state index in [0.29, 0.717) is 0 Å². The second-order valence-electron chi connectivity index (χ2n) is 2.76. The lowest BCUT2D eigenvalue weighted by Gasteiger charge is -2.11. The van der Waals surface area contributed by atoms with E-state index in [2.05, 4.69) is 0 Å². The largest absolute Gasteiger partial charge is 0.481 e. The average molecular weight is 231 g/mol. The van der Waals surface area contributed by atoms with Crippen LogP contribution < -0.4 is 4.72 Å². The maximum absolute atomic E-state index is 11.8. The molecule has 5 nitrogen and oxygen atoms in total. The first-order chi connectivity index (χ1) is 6.25. The van der Waals surface area contributed by atoms with Crippen molar-refractivity contribution >= 4 is 16.0 Å². The maximum atomic E-state index is 11.8. The number of hydrogen-bond donors (Lipinski definition) is 2. The summed E-state index contributed by atoms with van der Waals surface area (Å²) in [4.78, 5) is 10.1. The molecule has 0 aliphatic carbocycles. The van der Waals surface area contributed by atoms with Gasteiger partial charge in [0, 0.05) is 12.5 Å². The minimum atomic E-state index is -4.62. The molecule has 0 amide bonds. The summed E-state index contributed by atoms with van der Waals surface area (Å²) in [6, 6.07) is -0.815. The molecule has 14 heavy (non-hydrogen) atoms. The van der Waals surface area contributed by atoms with Crippen LogP contribution in [-0.2, 0) is 14.8 Å². The van der Waals surface area contributed by atoms with Gasteiger partial charge >= 0.3 is 11.7 Å². The molecule has 1 atom stereocenters. The third kappa shape index (κ3) is 5.07. The molecule has 0 bridgehead atoms. The molecule has 0 saturated heterocycles. The highest BCUT2D eigenvalue weighted by Gasteiger charge is 2.25. The smallest absolute Gasteiger partial charge is 0.350 e. The van der Waals surface area contributed by atoms with Crippen molar-refractivity contribution in [2.75, 3.05) is 0 Å². The van der Waals surface area contributed by atoms with Crippen LogP contribution in [0.2, 0.25) is 0 Å². The topological polar surface area (TPSA) is 83.5 Å². The van der Waals surface area contributed by atoms with Crippen LogP contribution in [0.25, 0.3) is 0 Å². The highest BCUT2D eigenvalue weighted by Crippen LogP contribution is 2.05. The van der Waals surface area contributed by atoms with Crippen molar-refractivity contribution in [1.82, 2.24) is 4.72 Å². The summed E-state index contributed by atoms with van der Waals surface area (Å²) in [5.74, 6) is -4.59. The minimum absolute atomic E-state index is 0.0265. The Morgan fingerprint density at radius 1 is 1.50 bits per heavy atom. The van der Waals surface area contributed by atoms with Crippen LogP contribution >= 0.6 is 0 Å². The first kappa shape index (κ1) is 13.2. The van der Waals surface area contributed by atoms with Gasteiger partial charge in [-0.15, -0.1) is 0 Å². The molecule has 2 N–H and O–H groups in total. The fourth-order valence-corrected chi connectivity index (χ4v) is 1.51. The van der Waals surface area contributed by atoms with Gasteiger partial charge in [-0.1, -0.05) is 0 Å². The quantitative estimate of drug-likeness (QED) is 0.692. The number of aliphatic carboxylic acids is 1. The molecule has 0 heterocycles. The van der Waals surface area contributed by atoms with E-state index in [4.69, 9.17) is 5.11 Å². The number of halogens is 2. The van der Waals surface area contributed by atoms with Crippen LogP contribution in [0.5, 0.6) is 0 Å². The Hall–Kier alpha value is -0.760. The molecule has 1 unspecified atom stereocenters. The minimum Gasteiger partial charge on any atom is -0.481 e. The van der Waals surface area contributed by atoms with E-state index < -0.39 is 27.8 Å². The van der Waals surface area contributed by atoms with E-state index >= 15 is 0 Å². The standard InChI is InChI=1S/C6H11F2NO4S/c1-4(2-3-5(10)11)9-14(12,13)6(7)8/h4,6,9H,2-3H2,1H3,(H,10,11). The molecular formula is C6H11F2NO4S. The van der Waals surface area contributed by atoms with Crippen LogP contribution in [0, 0.1) is 0 Å². The third-order valence-electron chi connectivity index (χ3n) is 1.39. The Bertz CT molecular complexity index is 290. The van der Waals surface area contributed by atoms with Gasteiger partial charge < -0.3 is 5.11 Å². The van der Waals surface area contributed by atoms with Crippen molar-refractivity contribution in [3.63, 3.8) is 0 Å². The second kappa shape index (κ2) is 5.20. The van der Waals surface area contributed by atoms with E-state index in [1.54, 1.807) is 4.72 Å². The highest BCUT2D eigenvalue weighted by atomic mass is 32.2. The van der Waals surface area contributed by atoms with Crippen LogP contribution in [0.15, 0.2) is 0 Å². The molecule has 0 aliphatic heterocycles. The van der Waals surface area contributed by atoms with Crippen molar-refractivity contribution in [2.24, 2.45) is 0 Å². The molecule has 0 radical (unpaired) electrons. The Labute approximate surface area is 80.2 Å². The fraction of sp³-hybridized carbons (Fsp3) is 0.833. The molecule has 0 aliphatic rings. The van der Waals surface area contributed by atoms with Crippen LogP contribution in [0.1, 0.15) is 19.8 Å². The van der Waals surface area contributed by atoms with Gasteiger partial charge in [-0.2, -0.15) is 8.78 Å². The summed E-state index contributed by atoms with van der Waals surface area (Å²) in [5, 5.41) is 8.24. The van der Waals surface area contributed by atoms with E-state index in [1.807, 2.05) is 0 Å². The lowest BCUT2D eigenvalue weighted by atomic mass is 10.2. The zero-order chi connectivity index (χ0) is 11.4. The number of nitrogens with one attached hydrogen (secondary N) is 1. The zero-order valence-corrected chi connectivity index (χ0v) is 8.22. The summed E-state index contributed by atoms with van der Waals surface area (Å²) in [7, 11) is -4.62. The number of carboxylic acid groups (broad SMARTS) is 1. The predicted molar refractivity (Wildman–Crippen MR) is 44.4 cm³/mol. The van der Waals surface area contributed by atoms with Gasteiger partial charge in [-0.3, -0.25) is 4.79 Å². The van der Waals surface area contributed by atoms with E-state index in [1.165, 1.54) is 6.92 Å². The van der Waals surface area contributed by atoms with Gasteiger partial charge in [0.1, 0.15) is 0 Å². The molecule has 0 spiro atoms. The van der Waals surface area contributed by atoms with E-state index in [-0.39, 0.29) is 12.8 Å². The highest BCUT2D eigenvalue weighted by molar-refractivity contribution is 7.89. The number of carbonyl (C=O) groups is 1. The third-order valence-corrected chi connectivity index (χ3v) is 2.59. The molecule has 0 rings (SSSR count). The van der Waals surface area contributed by atoms with Gasteiger partial charge in [0.25, 0.3) is 10.0 Å². The normalized spacial score (nSPS) is 14.3. The first-order valence-electron chi connectivity index (χ1n) is 3.77. The number of carboxylic acids is 1. The molecule has 0 aromatic rings. The molecular weight excluding hydrogens is 220 g/mol. The summed E-state index contributed by atoms with van der Waals surface area (Å²) in [6.07, 6.45) is -0.297. The van der Waals surface area contributed by atoms with Crippen LogP contribution in [-0.4, -0.2) is 31.3 Å². The second-order valence-corrected chi connectivity index (χ2v) is 4.44.